The topological polar surface area (TPSA) is 54.0 Å². The number of benzene rings is 1. The van der Waals surface area contributed by atoms with E-state index in [0.717, 1.165) is 16.7 Å². The van der Waals surface area contributed by atoms with E-state index in [-0.39, 0.29) is 0 Å². The molecule has 3 rings (SSSR count). The van der Waals surface area contributed by atoms with Crippen LogP contribution >= 0.6 is 11.3 Å². The summed E-state index contributed by atoms with van der Waals surface area (Å²) in [7, 11) is 3.17. The fourth-order valence-corrected chi connectivity index (χ4v) is 3.22. The number of thiophene rings is 1. The van der Waals surface area contributed by atoms with Gasteiger partial charge in [0.05, 0.1) is 19.1 Å². The van der Waals surface area contributed by atoms with Crippen LogP contribution in [0.1, 0.15) is 9.67 Å². The smallest absolute Gasteiger partial charge is 0.183 e. The zero-order valence-electron chi connectivity index (χ0n) is 11.7. The summed E-state index contributed by atoms with van der Waals surface area (Å²) in [6.45, 7) is 0.929. The van der Waals surface area contributed by atoms with E-state index in [4.69, 9.17) is 18.9 Å². The molecule has 0 N–H and O–H groups in total. The maximum absolute atomic E-state index is 11.2. The average Bonchev–Trinajstić information content (AvgIpc) is 2.93. The van der Waals surface area contributed by atoms with Gasteiger partial charge in [-0.05, 0) is 23.8 Å². The van der Waals surface area contributed by atoms with Gasteiger partial charge < -0.3 is 18.9 Å². The molecule has 0 atom stereocenters. The van der Waals surface area contributed by atoms with Crippen LogP contribution in [-0.4, -0.2) is 33.7 Å². The molecule has 0 radical (unpaired) electrons. The number of hydrogen-bond donors (Lipinski definition) is 0. The van der Waals surface area contributed by atoms with Gasteiger partial charge in [0, 0.05) is 0 Å². The second-order valence-corrected chi connectivity index (χ2v) is 5.39. The molecule has 0 amide bonds. The molecule has 21 heavy (non-hydrogen) atoms. The zero-order chi connectivity index (χ0) is 14.8. The lowest BCUT2D eigenvalue weighted by Crippen LogP contribution is -2.15. The minimum atomic E-state index is 0.454. The van der Waals surface area contributed by atoms with Crippen LogP contribution in [0, 0.1) is 0 Å². The van der Waals surface area contributed by atoms with Gasteiger partial charge in [0.1, 0.15) is 18.1 Å². The van der Waals surface area contributed by atoms with Crippen molar-refractivity contribution >= 4 is 17.6 Å². The summed E-state index contributed by atoms with van der Waals surface area (Å²) in [4.78, 5) is 12.6. The summed E-state index contributed by atoms with van der Waals surface area (Å²) < 4.78 is 21.8. The van der Waals surface area contributed by atoms with Crippen LogP contribution in [0.3, 0.4) is 0 Å². The number of rotatable bonds is 4. The van der Waals surface area contributed by atoms with Gasteiger partial charge >= 0.3 is 0 Å². The summed E-state index contributed by atoms with van der Waals surface area (Å²) in [5.74, 6) is 2.44. The highest BCUT2D eigenvalue weighted by atomic mass is 32.1. The Bertz CT molecular complexity index is 677. The Kier molecular flexibility index (Phi) is 3.70. The van der Waals surface area contributed by atoms with Gasteiger partial charge in [-0.15, -0.1) is 11.3 Å². The highest BCUT2D eigenvalue weighted by molar-refractivity contribution is 7.18. The number of aldehydes is 1. The van der Waals surface area contributed by atoms with Crippen molar-refractivity contribution in [2.45, 2.75) is 0 Å². The molecular formula is C15H14O5S. The van der Waals surface area contributed by atoms with Crippen molar-refractivity contribution in [3.05, 3.63) is 23.1 Å². The number of methoxy groups -OCH3 is 2. The van der Waals surface area contributed by atoms with Crippen LogP contribution in [0.5, 0.6) is 23.0 Å². The largest absolute Gasteiger partial charge is 0.493 e. The second kappa shape index (κ2) is 5.65. The van der Waals surface area contributed by atoms with Crippen LogP contribution in [0.4, 0.5) is 0 Å². The Balaban J connectivity index is 2.12. The minimum absolute atomic E-state index is 0.454. The average molecular weight is 306 g/mol. The SMILES string of the molecule is COc1ccc(-c2sc(C=O)c3c2OCCO3)cc1OC. The van der Waals surface area contributed by atoms with Crippen molar-refractivity contribution < 1.29 is 23.7 Å². The molecule has 0 aliphatic carbocycles. The predicted molar refractivity (Wildman–Crippen MR) is 79.2 cm³/mol. The van der Waals surface area contributed by atoms with E-state index >= 15 is 0 Å². The van der Waals surface area contributed by atoms with Gasteiger partial charge in [0.25, 0.3) is 0 Å². The Labute approximate surface area is 126 Å². The number of fused-ring (bicyclic) bond motifs is 1. The first kappa shape index (κ1) is 13.8. The van der Waals surface area contributed by atoms with Gasteiger partial charge in [0.15, 0.2) is 29.3 Å². The number of carbonyl (C=O) groups is 1. The number of carbonyl (C=O) groups excluding carboxylic acids is 1. The summed E-state index contributed by atoms with van der Waals surface area (Å²) >= 11 is 1.35. The zero-order valence-corrected chi connectivity index (χ0v) is 12.5. The molecular weight excluding hydrogens is 292 g/mol. The summed E-state index contributed by atoms with van der Waals surface area (Å²) in [5.41, 5.74) is 0.896. The Morgan fingerprint density at radius 2 is 1.81 bits per heavy atom. The quantitative estimate of drug-likeness (QED) is 0.813. The van der Waals surface area contributed by atoms with Crippen LogP contribution in [0.25, 0.3) is 10.4 Å². The molecule has 110 valence electrons. The van der Waals surface area contributed by atoms with E-state index in [0.29, 0.717) is 41.1 Å². The molecule has 0 fully saturated rings. The van der Waals surface area contributed by atoms with Crippen molar-refractivity contribution in [1.82, 2.24) is 0 Å². The van der Waals surface area contributed by atoms with Crippen molar-refractivity contribution in [2.24, 2.45) is 0 Å². The molecule has 0 unspecified atom stereocenters. The van der Waals surface area contributed by atoms with Crippen molar-refractivity contribution in [3.8, 4) is 33.4 Å². The Hall–Kier alpha value is -2.21. The third-order valence-corrected chi connectivity index (χ3v) is 4.30. The van der Waals surface area contributed by atoms with Gasteiger partial charge in [-0.25, -0.2) is 0 Å². The monoisotopic (exact) mass is 306 g/mol. The molecule has 0 spiro atoms. The van der Waals surface area contributed by atoms with Crippen LogP contribution in [0.2, 0.25) is 0 Å². The normalized spacial score (nSPS) is 12.9. The van der Waals surface area contributed by atoms with E-state index < -0.39 is 0 Å². The lowest BCUT2D eigenvalue weighted by molar-refractivity contribution is 0.111. The second-order valence-electron chi connectivity index (χ2n) is 4.34. The molecule has 0 bridgehead atoms. The van der Waals surface area contributed by atoms with E-state index in [1.54, 1.807) is 14.2 Å². The van der Waals surface area contributed by atoms with E-state index in [9.17, 15) is 4.79 Å². The van der Waals surface area contributed by atoms with Crippen molar-refractivity contribution in [3.63, 3.8) is 0 Å². The van der Waals surface area contributed by atoms with Crippen LogP contribution in [-0.2, 0) is 0 Å². The van der Waals surface area contributed by atoms with Crippen molar-refractivity contribution in [2.75, 3.05) is 27.4 Å². The predicted octanol–water partition coefficient (Wildman–Crippen LogP) is 3.02. The van der Waals surface area contributed by atoms with Gasteiger partial charge in [-0.2, -0.15) is 0 Å². The standard InChI is InChI=1S/C15H14O5S/c1-17-10-4-3-9(7-11(10)18-2)15-14-13(12(8-16)21-15)19-5-6-20-14/h3-4,7-8H,5-6H2,1-2H3. The molecule has 1 aliphatic heterocycles. The molecule has 0 saturated heterocycles. The van der Waals surface area contributed by atoms with Crippen LogP contribution in [0.15, 0.2) is 18.2 Å². The Morgan fingerprint density at radius 3 is 2.48 bits per heavy atom. The van der Waals surface area contributed by atoms with Crippen molar-refractivity contribution in [1.29, 1.82) is 0 Å². The van der Waals surface area contributed by atoms with Crippen LogP contribution < -0.4 is 18.9 Å². The fraction of sp³-hybridized carbons (Fsp3) is 0.267. The third kappa shape index (κ3) is 2.31. The molecule has 1 aliphatic rings. The highest BCUT2D eigenvalue weighted by Crippen LogP contribution is 2.49. The Morgan fingerprint density at radius 1 is 1.10 bits per heavy atom. The molecule has 6 heteroatoms. The van der Waals surface area contributed by atoms with Gasteiger partial charge in [0.2, 0.25) is 0 Å². The maximum Gasteiger partial charge on any atom is 0.183 e. The third-order valence-electron chi connectivity index (χ3n) is 3.18. The lowest BCUT2D eigenvalue weighted by Gasteiger charge is -2.17. The molecule has 1 aromatic heterocycles. The summed E-state index contributed by atoms with van der Waals surface area (Å²) in [5, 5.41) is 0. The minimum Gasteiger partial charge on any atom is -0.493 e. The number of ether oxygens (including phenoxy) is 4. The number of hydrogen-bond acceptors (Lipinski definition) is 6. The van der Waals surface area contributed by atoms with E-state index in [1.807, 2.05) is 18.2 Å². The first-order valence-electron chi connectivity index (χ1n) is 6.38. The van der Waals surface area contributed by atoms with E-state index in [2.05, 4.69) is 0 Å². The molecule has 2 heterocycles. The highest BCUT2D eigenvalue weighted by Gasteiger charge is 2.25. The maximum atomic E-state index is 11.2. The first-order chi connectivity index (χ1) is 10.3. The van der Waals surface area contributed by atoms with Gasteiger partial charge in [-0.1, -0.05) is 0 Å². The first-order valence-corrected chi connectivity index (χ1v) is 7.20. The molecule has 5 nitrogen and oxygen atoms in total. The summed E-state index contributed by atoms with van der Waals surface area (Å²) in [6.07, 6.45) is 0.794. The fourth-order valence-electron chi connectivity index (χ4n) is 2.22. The summed E-state index contributed by atoms with van der Waals surface area (Å²) in [6, 6.07) is 5.59. The van der Waals surface area contributed by atoms with E-state index in [1.165, 1.54) is 11.3 Å². The lowest BCUT2D eigenvalue weighted by atomic mass is 10.1. The molecule has 0 saturated carbocycles. The molecule has 1 aromatic carbocycles. The van der Waals surface area contributed by atoms with Gasteiger partial charge in [-0.3, -0.25) is 4.79 Å². The molecule has 2 aromatic rings.